The van der Waals surface area contributed by atoms with Crippen molar-refractivity contribution in [1.29, 1.82) is 0 Å². The molecule has 0 fully saturated rings. The molecule has 2 heterocycles. The van der Waals surface area contributed by atoms with Crippen molar-refractivity contribution in [1.82, 2.24) is 14.6 Å². The monoisotopic (exact) mass is 365 g/mol. The molecule has 0 radical (unpaired) electrons. The second kappa shape index (κ2) is 6.08. The van der Waals surface area contributed by atoms with Crippen LogP contribution in [0.2, 0.25) is 0 Å². The number of carbonyl (C=O) groups is 1. The number of rotatable bonds is 3. The first-order valence-electron chi connectivity index (χ1n) is 8.97. The molecular weight excluding hydrogens is 342 g/mol. The second-order valence-corrected chi connectivity index (χ2v) is 7.83. The van der Waals surface area contributed by atoms with Crippen LogP contribution in [-0.2, 0) is 6.42 Å². The Balaban J connectivity index is 1.94. The third-order valence-electron chi connectivity index (χ3n) is 5.18. The molecule has 1 aliphatic carbocycles. The van der Waals surface area contributed by atoms with Crippen molar-refractivity contribution in [2.24, 2.45) is 5.41 Å². The van der Waals surface area contributed by atoms with Crippen LogP contribution in [0.4, 0.5) is 0 Å². The van der Waals surface area contributed by atoms with E-state index >= 15 is 0 Å². The minimum atomic E-state index is -0.0816. The van der Waals surface area contributed by atoms with E-state index in [2.05, 4.69) is 18.8 Å². The number of benzene rings is 1. The molecule has 140 valence electrons. The predicted octanol–water partition coefficient (Wildman–Crippen LogP) is 3.88. The van der Waals surface area contributed by atoms with Gasteiger partial charge < -0.3 is 9.47 Å². The first-order chi connectivity index (χ1) is 12.8. The van der Waals surface area contributed by atoms with Crippen molar-refractivity contribution < 1.29 is 14.3 Å². The Hall–Kier alpha value is -2.89. The summed E-state index contributed by atoms with van der Waals surface area (Å²) in [5.74, 6) is 1.47. The topological polar surface area (TPSA) is 65.7 Å². The molecule has 0 saturated heterocycles. The molecule has 27 heavy (non-hydrogen) atoms. The van der Waals surface area contributed by atoms with E-state index in [4.69, 9.17) is 14.6 Å². The van der Waals surface area contributed by atoms with Crippen LogP contribution in [0.25, 0.3) is 16.8 Å². The molecule has 0 atom stereocenters. The van der Waals surface area contributed by atoms with Gasteiger partial charge in [0.05, 0.1) is 31.2 Å². The molecule has 0 saturated carbocycles. The number of hydrogen-bond acceptors (Lipinski definition) is 5. The second-order valence-electron chi connectivity index (χ2n) is 7.83. The van der Waals surface area contributed by atoms with Gasteiger partial charge in [-0.1, -0.05) is 19.9 Å². The number of nitrogens with zero attached hydrogens (tertiary/aromatic N) is 3. The zero-order valence-corrected chi connectivity index (χ0v) is 16.3. The molecule has 0 unspecified atom stereocenters. The zero-order valence-electron chi connectivity index (χ0n) is 16.3. The Morgan fingerprint density at radius 1 is 1.11 bits per heavy atom. The molecule has 6 heteroatoms. The Bertz CT molecular complexity index is 1070. The maximum atomic E-state index is 12.5. The van der Waals surface area contributed by atoms with Gasteiger partial charge >= 0.3 is 0 Å². The van der Waals surface area contributed by atoms with E-state index in [-0.39, 0.29) is 11.2 Å². The normalized spacial score (nSPS) is 15.7. The molecule has 0 aliphatic heterocycles. The van der Waals surface area contributed by atoms with Crippen LogP contribution in [0, 0.1) is 12.3 Å². The molecule has 1 aromatic carbocycles. The molecular formula is C21H23N3O3. The molecule has 1 aliphatic rings. The van der Waals surface area contributed by atoms with Gasteiger partial charge in [0, 0.05) is 18.2 Å². The number of Topliss-reactive ketones (excluding diaryl/α,β-unsaturated/α-hetero) is 1. The summed E-state index contributed by atoms with van der Waals surface area (Å²) in [5, 5.41) is 4.73. The number of ether oxygens (including phenoxy) is 2. The highest BCUT2D eigenvalue weighted by atomic mass is 16.5. The fourth-order valence-electron chi connectivity index (χ4n) is 3.92. The van der Waals surface area contributed by atoms with Crippen molar-refractivity contribution in [3.8, 4) is 22.6 Å². The molecule has 3 aromatic rings. The third kappa shape index (κ3) is 2.76. The summed E-state index contributed by atoms with van der Waals surface area (Å²) in [7, 11) is 3.23. The predicted molar refractivity (Wildman–Crippen MR) is 103 cm³/mol. The summed E-state index contributed by atoms with van der Waals surface area (Å²) < 4.78 is 12.6. The first-order valence-corrected chi connectivity index (χ1v) is 8.97. The van der Waals surface area contributed by atoms with Gasteiger partial charge in [-0.2, -0.15) is 5.10 Å². The van der Waals surface area contributed by atoms with Crippen molar-refractivity contribution in [2.75, 3.05) is 14.2 Å². The van der Waals surface area contributed by atoms with Gasteiger partial charge in [-0.3, -0.25) is 4.79 Å². The molecule has 0 amide bonds. The zero-order chi connectivity index (χ0) is 19.3. The average molecular weight is 365 g/mol. The highest BCUT2D eigenvalue weighted by Crippen LogP contribution is 2.38. The Labute approximate surface area is 158 Å². The van der Waals surface area contributed by atoms with Crippen molar-refractivity contribution >= 4 is 11.4 Å². The van der Waals surface area contributed by atoms with Crippen LogP contribution >= 0.6 is 0 Å². The lowest BCUT2D eigenvalue weighted by Crippen LogP contribution is -2.29. The Morgan fingerprint density at radius 3 is 2.56 bits per heavy atom. The molecule has 6 nitrogen and oxygen atoms in total. The van der Waals surface area contributed by atoms with E-state index in [1.165, 1.54) is 0 Å². The van der Waals surface area contributed by atoms with Gasteiger partial charge in [0.1, 0.15) is 0 Å². The van der Waals surface area contributed by atoms with Gasteiger partial charge in [0.15, 0.2) is 22.9 Å². The summed E-state index contributed by atoms with van der Waals surface area (Å²) in [4.78, 5) is 17.1. The average Bonchev–Trinajstić information content (AvgIpc) is 2.96. The SMILES string of the molecule is COc1ccc(-c2c(C)nn3c4c(cnc23)C(=O)CC(C)(C)C4)cc1OC. The number of carbonyl (C=O) groups excluding carboxylic acids is 1. The highest BCUT2D eigenvalue weighted by molar-refractivity contribution is 5.99. The maximum absolute atomic E-state index is 12.5. The van der Waals surface area contributed by atoms with E-state index in [9.17, 15) is 4.79 Å². The first kappa shape index (κ1) is 17.5. The van der Waals surface area contributed by atoms with Crippen molar-refractivity contribution in [2.45, 2.75) is 33.6 Å². The number of methoxy groups -OCH3 is 2. The number of hydrogen-bond donors (Lipinski definition) is 0. The standard InChI is InChI=1S/C21H23N3O3/c1-12-19(13-6-7-17(26-4)18(8-13)27-5)20-22-11-14-15(24(20)23-12)9-21(2,3)10-16(14)25/h6-8,11H,9-10H2,1-5H3. The summed E-state index contributed by atoms with van der Waals surface area (Å²) >= 11 is 0. The number of fused-ring (bicyclic) bond motifs is 3. The van der Waals surface area contributed by atoms with Crippen LogP contribution in [0.3, 0.4) is 0 Å². The lowest BCUT2D eigenvalue weighted by Gasteiger charge is -2.29. The van der Waals surface area contributed by atoms with E-state index in [1.54, 1.807) is 20.4 Å². The fourth-order valence-corrected chi connectivity index (χ4v) is 3.92. The van der Waals surface area contributed by atoms with Gasteiger partial charge in [-0.05, 0) is 36.5 Å². The van der Waals surface area contributed by atoms with Gasteiger partial charge in [0.2, 0.25) is 0 Å². The summed E-state index contributed by atoms with van der Waals surface area (Å²) in [6, 6.07) is 5.78. The Kier molecular flexibility index (Phi) is 3.94. The van der Waals surface area contributed by atoms with Gasteiger partial charge in [-0.15, -0.1) is 0 Å². The smallest absolute Gasteiger partial charge is 0.166 e. The minimum absolute atomic E-state index is 0.0816. The number of aryl methyl sites for hydroxylation is 1. The van der Waals surface area contributed by atoms with Crippen molar-refractivity contribution in [3.05, 3.63) is 41.3 Å². The quantitative estimate of drug-likeness (QED) is 0.705. The highest BCUT2D eigenvalue weighted by Gasteiger charge is 2.33. The molecule has 4 rings (SSSR count). The van der Waals surface area contributed by atoms with Crippen LogP contribution in [0.5, 0.6) is 11.5 Å². The van der Waals surface area contributed by atoms with Gasteiger partial charge in [-0.25, -0.2) is 9.50 Å². The molecule has 0 spiro atoms. The van der Waals surface area contributed by atoms with Crippen LogP contribution in [0.1, 0.15) is 42.0 Å². The summed E-state index contributed by atoms with van der Waals surface area (Å²) in [6.45, 7) is 6.19. The Morgan fingerprint density at radius 2 is 1.85 bits per heavy atom. The van der Waals surface area contributed by atoms with E-state index in [0.717, 1.165) is 34.6 Å². The number of aromatic nitrogens is 3. The number of ketones is 1. The molecule has 0 bridgehead atoms. The largest absolute Gasteiger partial charge is 0.493 e. The summed E-state index contributed by atoms with van der Waals surface area (Å²) in [5.41, 5.74) is 5.05. The lowest BCUT2D eigenvalue weighted by atomic mass is 9.76. The van der Waals surface area contributed by atoms with E-state index in [0.29, 0.717) is 23.5 Å². The molecule has 2 aromatic heterocycles. The molecule has 0 N–H and O–H groups in total. The third-order valence-corrected chi connectivity index (χ3v) is 5.18. The maximum Gasteiger partial charge on any atom is 0.166 e. The summed E-state index contributed by atoms with van der Waals surface area (Å²) in [6.07, 6.45) is 3.03. The lowest BCUT2D eigenvalue weighted by molar-refractivity contribution is 0.0908. The van der Waals surface area contributed by atoms with Crippen LogP contribution < -0.4 is 9.47 Å². The van der Waals surface area contributed by atoms with Gasteiger partial charge in [0.25, 0.3) is 0 Å². The fraction of sp³-hybridized carbons (Fsp3) is 0.381. The van der Waals surface area contributed by atoms with Crippen LogP contribution in [0.15, 0.2) is 24.4 Å². The van der Waals surface area contributed by atoms with Crippen molar-refractivity contribution in [3.63, 3.8) is 0 Å². The minimum Gasteiger partial charge on any atom is -0.493 e. The van der Waals surface area contributed by atoms with Crippen LogP contribution in [-0.4, -0.2) is 34.6 Å². The van der Waals surface area contributed by atoms with E-state index in [1.807, 2.05) is 29.6 Å². The van der Waals surface area contributed by atoms with E-state index < -0.39 is 0 Å².